The summed E-state index contributed by atoms with van der Waals surface area (Å²) in [4.78, 5) is 11.6. The lowest BCUT2D eigenvalue weighted by molar-refractivity contribution is -0.135. The predicted octanol–water partition coefficient (Wildman–Crippen LogP) is 4.06. The molecule has 0 heterocycles. The molecule has 18 heavy (non-hydrogen) atoms. The van der Waals surface area contributed by atoms with Crippen molar-refractivity contribution in [2.45, 2.75) is 39.0 Å². The van der Waals surface area contributed by atoms with Gasteiger partial charge in [-0.25, -0.2) is 4.79 Å². The number of ether oxygens (including phenoxy) is 1. The predicted molar refractivity (Wildman–Crippen MR) is 71.8 cm³/mol. The molecule has 0 bridgehead atoms. The summed E-state index contributed by atoms with van der Waals surface area (Å²) < 4.78 is 9.71. The Labute approximate surface area is 113 Å². The third-order valence-electron chi connectivity index (χ3n) is 2.80. The van der Waals surface area contributed by atoms with Gasteiger partial charge in [0.25, 0.3) is 0 Å². The van der Waals surface area contributed by atoms with Crippen molar-refractivity contribution in [1.29, 1.82) is 0 Å². The summed E-state index contributed by atoms with van der Waals surface area (Å²) in [5.74, 6) is 0.113. The highest BCUT2D eigenvalue weighted by Gasteiger charge is 2.21. The second-order valence-corrected chi connectivity index (χ2v) is 4.25. The molecular formula is C14H19ClO3. The summed E-state index contributed by atoms with van der Waals surface area (Å²) in [6.45, 7) is 4.65. The normalized spacial score (nSPS) is 11.9. The van der Waals surface area contributed by atoms with E-state index in [-0.39, 0.29) is 5.92 Å². The fourth-order valence-corrected chi connectivity index (χ4v) is 1.95. The van der Waals surface area contributed by atoms with Crippen LogP contribution in [0.3, 0.4) is 0 Å². The Morgan fingerprint density at radius 1 is 1.28 bits per heavy atom. The van der Waals surface area contributed by atoms with Gasteiger partial charge in [-0.15, -0.1) is 0 Å². The van der Waals surface area contributed by atoms with Crippen LogP contribution in [0.15, 0.2) is 24.3 Å². The Bertz CT molecular complexity index is 362. The summed E-state index contributed by atoms with van der Waals surface area (Å²) in [7, 11) is 0. The van der Waals surface area contributed by atoms with Crippen LogP contribution in [0.5, 0.6) is 5.75 Å². The lowest BCUT2D eigenvalue weighted by Gasteiger charge is -2.14. The second-order valence-electron chi connectivity index (χ2n) is 4.09. The maximum absolute atomic E-state index is 11.6. The maximum Gasteiger partial charge on any atom is 0.332 e. The number of benzene rings is 1. The quantitative estimate of drug-likeness (QED) is 0.750. The number of hydrogen-bond donors (Lipinski definition) is 0. The Morgan fingerprint density at radius 2 is 1.94 bits per heavy atom. The zero-order chi connectivity index (χ0) is 13.4. The number of halogens is 1. The molecule has 0 amide bonds. The highest BCUT2D eigenvalue weighted by atomic mass is 35.5. The molecule has 1 aromatic rings. The molecule has 0 spiro atoms. The minimum Gasteiger partial charge on any atom is -0.494 e. The van der Waals surface area contributed by atoms with E-state index < -0.39 is 5.97 Å². The van der Waals surface area contributed by atoms with Crippen LogP contribution in [0, 0.1) is 0 Å². The van der Waals surface area contributed by atoms with E-state index in [1.54, 1.807) is 0 Å². The van der Waals surface area contributed by atoms with Crippen molar-refractivity contribution < 1.29 is 13.8 Å². The van der Waals surface area contributed by atoms with Crippen LogP contribution in [0.2, 0.25) is 0 Å². The molecule has 0 N–H and O–H groups in total. The minimum absolute atomic E-state index is 0.293. The van der Waals surface area contributed by atoms with E-state index in [4.69, 9.17) is 16.6 Å². The zero-order valence-electron chi connectivity index (χ0n) is 10.8. The van der Waals surface area contributed by atoms with Gasteiger partial charge in [0.2, 0.25) is 0 Å². The SMILES string of the molecule is CCCCC(C(=O)OCl)c1ccc(OCC)cc1. The topological polar surface area (TPSA) is 35.5 Å². The summed E-state index contributed by atoms with van der Waals surface area (Å²) in [5, 5.41) is 0. The fourth-order valence-electron chi connectivity index (χ4n) is 1.85. The molecule has 0 radical (unpaired) electrons. The third kappa shape index (κ3) is 4.22. The smallest absolute Gasteiger partial charge is 0.332 e. The summed E-state index contributed by atoms with van der Waals surface area (Å²) >= 11 is 5.18. The van der Waals surface area contributed by atoms with Gasteiger partial charge in [0.15, 0.2) is 0 Å². The molecule has 0 aliphatic carbocycles. The highest BCUT2D eigenvalue weighted by Crippen LogP contribution is 2.26. The summed E-state index contributed by atoms with van der Waals surface area (Å²) in [6, 6.07) is 7.50. The van der Waals surface area contributed by atoms with E-state index >= 15 is 0 Å². The van der Waals surface area contributed by atoms with Crippen LogP contribution in [0.4, 0.5) is 0 Å². The van der Waals surface area contributed by atoms with Gasteiger partial charge in [-0.05, 0) is 31.0 Å². The number of rotatable bonds is 7. The first-order chi connectivity index (χ1) is 8.72. The molecule has 0 saturated carbocycles. The molecule has 0 saturated heterocycles. The van der Waals surface area contributed by atoms with Crippen molar-refractivity contribution in [1.82, 2.24) is 0 Å². The van der Waals surface area contributed by atoms with Gasteiger partial charge < -0.3 is 9.03 Å². The molecule has 1 atom stereocenters. The monoisotopic (exact) mass is 270 g/mol. The lowest BCUT2D eigenvalue weighted by Crippen LogP contribution is -2.12. The molecule has 4 heteroatoms. The Hall–Kier alpha value is -1.22. The molecule has 100 valence electrons. The standard InChI is InChI=1S/C14H19ClO3/c1-3-5-6-13(14(16)18-15)11-7-9-12(10-8-11)17-4-2/h7-10,13H,3-6H2,1-2H3. The summed E-state index contributed by atoms with van der Waals surface area (Å²) in [6.07, 6.45) is 2.74. The molecule has 3 nitrogen and oxygen atoms in total. The molecule has 1 aromatic carbocycles. The first kappa shape index (κ1) is 14.8. The molecule has 0 aromatic heterocycles. The molecule has 0 aliphatic heterocycles. The number of carbonyl (C=O) groups is 1. The van der Waals surface area contributed by atoms with E-state index in [0.717, 1.165) is 30.6 Å². The van der Waals surface area contributed by atoms with Crippen molar-refractivity contribution in [3.8, 4) is 5.75 Å². The van der Waals surface area contributed by atoms with E-state index in [9.17, 15) is 4.79 Å². The van der Waals surface area contributed by atoms with Gasteiger partial charge in [0.1, 0.15) is 17.6 Å². The Morgan fingerprint density at radius 3 is 2.44 bits per heavy atom. The van der Waals surface area contributed by atoms with Crippen molar-refractivity contribution in [3.63, 3.8) is 0 Å². The van der Waals surface area contributed by atoms with Gasteiger partial charge in [-0.2, -0.15) is 0 Å². The fraction of sp³-hybridized carbons (Fsp3) is 0.500. The van der Waals surface area contributed by atoms with Gasteiger partial charge >= 0.3 is 5.97 Å². The third-order valence-corrected chi connectivity index (χ3v) is 2.95. The molecule has 0 fully saturated rings. The Balaban J connectivity index is 2.80. The largest absolute Gasteiger partial charge is 0.494 e. The lowest BCUT2D eigenvalue weighted by atomic mass is 9.94. The number of hydrogen-bond acceptors (Lipinski definition) is 3. The van der Waals surface area contributed by atoms with E-state index in [2.05, 4.69) is 11.2 Å². The zero-order valence-corrected chi connectivity index (χ0v) is 11.6. The van der Waals surface area contributed by atoms with Crippen LogP contribution in [0.1, 0.15) is 44.6 Å². The Kier molecular flexibility index (Phi) is 6.58. The van der Waals surface area contributed by atoms with E-state index in [1.165, 1.54) is 0 Å². The molecule has 0 aliphatic rings. The van der Waals surface area contributed by atoms with Crippen molar-refractivity contribution in [2.75, 3.05) is 6.61 Å². The van der Waals surface area contributed by atoms with Crippen LogP contribution in [-0.4, -0.2) is 12.6 Å². The van der Waals surface area contributed by atoms with Gasteiger partial charge in [-0.1, -0.05) is 31.9 Å². The van der Waals surface area contributed by atoms with Crippen LogP contribution >= 0.6 is 11.9 Å². The first-order valence-electron chi connectivity index (χ1n) is 6.28. The second kappa shape index (κ2) is 7.98. The van der Waals surface area contributed by atoms with E-state index in [1.807, 2.05) is 31.2 Å². The molecule has 1 unspecified atom stereocenters. The van der Waals surface area contributed by atoms with E-state index in [0.29, 0.717) is 6.61 Å². The summed E-state index contributed by atoms with van der Waals surface area (Å²) in [5.41, 5.74) is 0.914. The number of carbonyl (C=O) groups excluding carboxylic acids is 1. The maximum atomic E-state index is 11.6. The van der Waals surface area contributed by atoms with Crippen LogP contribution in [-0.2, 0) is 9.08 Å². The van der Waals surface area contributed by atoms with Gasteiger partial charge in [0, 0.05) is 0 Å². The van der Waals surface area contributed by atoms with Gasteiger partial charge in [0.05, 0.1) is 12.5 Å². The average Bonchev–Trinajstić information content (AvgIpc) is 2.41. The highest BCUT2D eigenvalue weighted by molar-refractivity contribution is 6.13. The number of unbranched alkanes of at least 4 members (excludes halogenated alkanes) is 1. The van der Waals surface area contributed by atoms with Crippen molar-refractivity contribution in [3.05, 3.63) is 29.8 Å². The minimum atomic E-state index is -0.394. The van der Waals surface area contributed by atoms with Crippen molar-refractivity contribution >= 4 is 17.8 Å². The molecule has 1 rings (SSSR count). The van der Waals surface area contributed by atoms with Crippen molar-refractivity contribution in [2.24, 2.45) is 0 Å². The average molecular weight is 271 g/mol. The first-order valence-corrected chi connectivity index (χ1v) is 6.59. The van der Waals surface area contributed by atoms with Gasteiger partial charge in [-0.3, -0.25) is 0 Å². The molecular weight excluding hydrogens is 252 g/mol. The van der Waals surface area contributed by atoms with Crippen LogP contribution in [0.25, 0.3) is 0 Å². The van der Waals surface area contributed by atoms with Crippen LogP contribution < -0.4 is 4.74 Å².